The zero-order chi connectivity index (χ0) is 24.8. The number of carbonyl (C=O) groups excluding carboxylic acids is 1. The Morgan fingerprint density at radius 2 is 1.77 bits per heavy atom. The Hall–Kier alpha value is -3.60. The van der Waals surface area contributed by atoms with E-state index < -0.39 is 5.91 Å². The number of rotatable bonds is 7. The maximum absolute atomic E-state index is 12.8. The molecule has 0 heterocycles. The van der Waals surface area contributed by atoms with Crippen LogP contribution in [0.2, 0.25) is 0 Å². The van der Waals surface area contributed by atoms with Crippen molar-refractivity contribution in [2.45, 2.75) is 6.61 Å². The Labute approximate surface area is 220 Å². The molecule has 0 aliphatic heterocycles. The Bertz CT molecular complexity index is 1450. The van der Waals surface area contributed by atoms with Crippen LogP contribution in [0.25, 0.3) is 16.8 Å². The van der Waals surface area contributed by atoms with Crippen LogP contribution in [-0.2, 0) is 11.4 Å². The first-order valence-electron chi connectivity index (χ1n) is 10.6. The molecule has 0 radical (unpaired) electrons. The summed E-state index contributed by atoms with van der Waals surface area (Å²) in [4.78, 5) is 12.8. The summed E-state index contributed by atoms with van der Waals surface area (Å²) in [6, 6.07) is 26.7. The first kappa shape index (κ1) is 24.5. The van der Waals surface area contributed by atoms with Crippen LogP contribution < -0.4 is 14.8 Å². The van der Waals surface area contributed by atoms with Crippen molar-refractivity contribution in [1.29, 1.82) is 5.26 Å². The minimum absolute atomic E-state index is 0.0548. The Kier molecular flexibility index (Phi) is 7.86. The topological polar surface area (TPSA) is 71.3 Å². The lowest BCUT2D eigenvalue weighted by Crippen LogP contribution is -2.13. The van der Waals surface area contributed by atoms with Gasteiger partial charge in [-0.15, -0.1) is 0 Å². The molecule has 7 heteroatoms. The lowest BCUT2D eigenvalue weighted by molar-refractivity contribution is -0.112. The Balaban J connectivity index is 1.62. The van der Waals surface area contributed by atoms with E-state index in [1.165, 1.54) is 6.08 Å². The molecule has 4 aromatic rings. The average Bonchev–Trinajstić information content (AvgIpc) is 2.87. The molecule has 5 nitrogen and oxygen atoms in total. The van der Waals surface area contributed by atoms with E-state index in [1.54, 1.807) is 37.4 Å². The van der Waals surface area contributed by atoms with Crippen LogP contribution in [0.1, 0.15) is 11.1 Å². The molecule has 1 amide bonds. The number of carbonyl (C=O) groups is 1. The van der Waals surface area contributed by atoms with Gasteiger partial charge in [0, 0.05) is 15.7 Å². The van der Waals surface area contributed by atoms with Gasteiger partial charge < -0.3 is 14.8 Å². The van der Waals surface area contributed by atoms with Gasteiger partial charge in [-0.2, -0.15) is 5.26 Å². The smallest absolute Gasteiger partial charge is 0.266 e. The number of amides is 1. The molecule has 0 aromatic heterocycles. The predicted molar refractivity (Wildman–Crippen MR) is 145 cm³/mol. The molecule has 1 N–H and O–H groups in total. The van der Waals surface area contributed by atoms with E-state index in [0.717, 1.165) is 20.8 Å². The van der Waals surface area contributed by atoms with Crippen LogP contribution in [0.3, 0.4) is 0 Å². The number of ether oxygens (including phenoxy) is 2. The van der Waals surface area contributed by atoms with Crippen LogP contribution >= 0.6 is 31.9 Å². The van der Waals surface area contributed by atoms with Gasteiger partial charge in [0.2, 0.25) is 0 Å². The first-order chi connectivity index (χ1) is 17.0. The number of nitrogens with one attached hydrogen (secondary N) is 1. The highest BCUT2D eigenvalue weighted by Crippen LogP contribution is 2.35. The third kappa shape index (κ3) is 5.91. The third-order valence-electron chi connectivity index (χ3n) is 5.30. The molecular weight excluding hydrogens is 572 g/mol. The molecule has 0 aliphatic rings. The number of anilines is 1. The van der Waals surface area contributed by atoms with Gasteiger partial charge >= 0.3 is 0 Å². The van der Waals surface area contributed by atoms with Crippen LogP contribution in [-0.4, -0.2) is 13.0 Å². The van der Waals surface area contributed by atoms with E-state index in [1.807, 2.05) is 36.4 Å². The summed E-state index contributed by atoms with van der Waals surface area (Å²) in [7, 11) is 1.57. The maximum atomic E-state index is 12.8. The second-order valence-corrected chi connectivity index (χ2v) is 9.36. The fourth-order valence-electron chi connectivity index (χ4n) is 3.58. The molecule has 4 aromatic carbocycles. The quantitative estimate of drug-likeness (QED) is 0.178. The van der Waals surface area contributed by atoms with Crippen molar-refractivity contribution in [3.05, 3.63) is 105 Å². The standard InChI is InChI=1S/C28H20Br2N2O3/c1-34-24-11-9-23(10-12-24)32-28(33)21(16-31)13-20-14-22(29)15-26(30)27(20)35-17-19-7-4-6-18-5-2-3-8-25(18)19/h2-15H,17H2,1H3,(H,32,33)/b21-13+. The largest absolute Gasteiger partial charge is 0.497 e. The average molecular weight is 592 g/mol. The molecule has 0 spiro atoms. The second-order valence-electron chi connectivity index (χ2n) is 7.59. The van der Waals surface area contributed by atoms with Crippen LogP contribution in [0.15, 0.2) is 93.4 Å². The zero-order valence-corrected chi connectivity index (χ0v) is 21.9. The third-order valence-corrected chi connectivity index (χ3v) is 6.35. The van der Waals surface area contributed by atoms with Gasteiger partial charge in [-0.3, -0.25) is 4.79 Å². The SMILES string of the molecule is COc1ccc(NC(=O)/C(C#N)=C/c2cc(Br)cc(Br)c2OCc2cccc3ccccc23)cc1. The highest BCUT2D eigenvalue weighted by Gasteiger charge is 2.15. The monoisotopic (exact) mass is 590 g/mol. The van der Waals surface area contributed by atoms with Gasteiger partial charge in [0.15, 0.2) is 0 Å². The van der Waals surface area contributed by atoms with Crippen molar-refractivity contribution in [2.75, 3.05) is 12.4 Å². The van der Waals surface area contributed by atoms with Crippen molar-refractivity contribution < 1.29 is 14.3 Å². The summed E-state index contributed by atoms with van der Waals surface area (Å²) in [5, 5.41) is 14.7. The normalized spacial score (nSPS) is 11.1. The maximum Gasteiger partial charge on any atom is 0.266 e. The summed E-state index contributed by atoms with van der Waals surface area (Å²) in [5.74, 6) is 0.686. The molecule has 0 fully saturated rings. The highest BCUT2D eigenvalue weighted by molar-refractivity contribution is 9.11. The van der Waals surface area contributed by atoms with Crippen molar-refractivity contribution >= 4 is 60.3 Å². The molecule has 0 atom stereocenters. The van der Waals surface area contributed by atoms with E-state index in [2.05, 4.69) is 55.4 Å². The number of benzene rings is 4. The Morgan fingerprint density at radius 3 is 2.51 bits per heavy atom. The molecule has 35 heavy (non-hydrogen) atoms. The van der Waals surface area contributed by atoms with Gasteiger partial charge in [0.1, 0.15) is 29.7 Å². The number of fused-ring (bicyclic) bond motifs is 1. The summed E-state index contributed by atoms with van der Waals surface area (Å²) in [5.41, 5.74) is 2.12. The van der Waals surface area contributed by atoms with Crippen LogP contribution in [0, 0.1) is 11.3 Å². The van der Waals surface area contributed by atoms with E-state index in [4.69, 9.17) is 9.47 Å². The van der Waals surface area contributed by atoms with Crippen molar-refractivity contribution in [3.8, 4) is 17.6 Å². The van der Waals surface area contributed by atoms with Gasteiger partial charge in [-0.1, -0.05) is 58.4 Å². The summed E-state index contributed by atoms with van der Waals surface area (Å²) in [6.07, 6.45) is 1.52. The molecule has 0 bridgehead atoms. The molecule has 0 aliphatic carbocycles. The predicted octanol–water partition coefficient (Wildman–Crippen LogP) is 7.50. The summed E-state index contributed by atoms with van der Waals surface area (Å²) < 4.78 is 12.8. The van der Waals surface area contributed by atoms with Gasteiger partial charge in [0.25, 0.3) is 5.91 Å². The molecular formula is C28H20Br2N2O3. The number of nitrogens with zero attached hydrogens (tertiary/aromatic N) is 1. The van der Waals surface area contributed by atoms with Crippen molar-refractivity contribution in [3.63, 3.8) is 0 Å². The first-order valence-corrected chi connectivity index (χ1v) is 12.2. The van der Waals surface area contributed by atoms with Gasteiger partial charge in [0.05, 0.1) is 11.6 Å². The number of halogens is 2. The number of hydrogen-bond acceptors (Lipinski definition) is 4. The van der Waals surface area contributed by atoms with Crippen molar-refractivity contribution in [1.82, 2.24) is 0 Å². The van der Waals surface area contributed by atoms with E-state index in [0.29, 0.717) is 33.8 Å². The fourth-order valence-corrected chi connectivity index (χ4v) is 4.96. The minimum atomic E-state index is -0.520. The fraction of sp³-hybridized carbons (Fsp3) is 0.0714. The molecule has 174 valence electrons. The molecule has 0 unspecified atom stereocenters. The Morgan fingerprint density at radius 1 is 1.03 bits per heavy atom. The highest BCUT2D eigenvalue weighted by atomic mass is 79.9. The van der Waals surface area contributed by atoms with E-state index in [9.17, 15) is 10.1 Å². The van der Waals surface area contributed by atoms with Gasteiger partial charge in [-0.25, -0.2) is 0 Å². The number of methoxy groups -OCH3 is 1. The number of hydrogen-bond donors (Lipinski definition) is 1. The molecule has 0 saturated heterocycles. The summed E-state index contributed by atoms with van der Waals surface area (Å²) in [6.45, 7) is 0.322. The zero-order valence-electron chi connectivity index (χ0n) is 18.7. The van der Waals surface area contributed by atoms with Crippen LogP contribution in [0.5, 0.6) is 11.5 Å². The van der Waals surface area contributed by atoms with E-state index >= 15 is 0 Å². The second kappa shape index (κ2) is 11.2. The van der Waals surface area contributed by atoms with E-state index in [-0.39, 0.29) is 5.57 Å². The molecule has 0 saturated carbocycles. The van der Waals surface area contributed by atoms with Crippen LogP contribution in [0.4, 0.5) is 5.69 Å². The lowest BCUT2D eigenvalue weighted by Gasteiger charge is -2.14. The lowest BCUT2D eigenvalue weighted by atomic mass is 10.1. The number of nitriles is 1. The summed E-state index contributed by atoms with van der Waals surface area (Å²) >= 11 is 7.04. The van der Waals surface area contributed by atoms with Crippen molar-refractivity contribution in [2.24, 2.45) is 0 Å². The van der Waals surface area contributed by atoms with Gasteiger partial charge in [-0.05, 0) is 74.7 Å². The minimum Gasteiger partial charge on any atom is -0.497 e. The molecule has 4 rings (SSSR count).